The molecule has 1 saturated carbocycles. The number of hydrogen-bond acceptors (Lipinski definition) is 3. The molecule has 0 aliphatic heterocycles. The van der Waals surface area contributed by atoms with Crippen LogP contribution in [0, 0.1) is 0 Å². The van der Waals surface area contributed by atoms with Gasteiger partial charge in [-0.05, 0) is 49.9 Å². The molecule has 1 unspecified atom stereocenters. The van der Waals surface area contributed by atoms with Crippen LogP contribution in [0.15, 0.2) is 24.3 Å². The first-order valence-corrected chi connectivity index (χ1v) is 8.24. The molecule has 1 aliphatic carbocycles. The molecule has 2 rings (SSSR count). The zero-order valence-corrected chi connectivity index (χ0v) is 13.8. The zero-order valence-electron chi connectivity index (χ0n) is 13.8. The Morgan fingerprint density at radius 2 is 1.76 bits per heavy atom. The molecule has 1 N–H and O–H groups in total. The number of hydrogen-bond donors (Lipinski definition) is 1. The lowest BCUT2D eigenvalue weighted by Gasteiger charge is -2.39. The molecule has 1 aromatic rings. The Morgan fingerprint density at radius 3 is 2.19 bits per heavy atom. The van der Waals surface area contributed by atoms with E-state index in [-0.39, 0.29) is 11.6 Å². The zero-order chi connectivity index (χ0) is 15.3. The molecular weight excluding hydrogens is 262 g/mol. The lowest BCUT2D eigenvalue weighted by molar-refractivity contribution is -0.0482. The van der Waals surface area contributed by atoms with Gasteiger partial charge in [-0.1, -0.05) is 32.9 Å². The van der Waals surface area contributed by atoms with Crippen molar-refractivity contribution in [1.29, 1.82) is 0 Å². The van der Waals surface area contributed by atoms with Crippen LogP contribution in [0.1, 0.15) is 58.1 Å². The summed E-state index contributed by atoms with van der Waals surface area (Å²) in [5.74, 6) is 0.979. The van der Waals surface area contributed by atoms with Gasteiger partial charge in [0.1, 0.15) is 5.75 Å². The smallest absolute Gasteiger partial charge is 0.119 e. The molecule has 1 aliphatic rings. The van der Waals surface area contributed by atoms with Gasteiger partial charge in [0.2, 0.25) is 0 Å². The molecule has 1 fully saturated rings. The molecule has 0 spiro atoms. The first-order valence-electron chi connectivity index (χ1n) is 8.24. The van der Waals surface area contributed by atoms with Gasteiger partial charge in [0.15, 0.2) is 0 Å². The second kappa shape index (κ2) is 7.28. The highest BCUT2D eigenvalue weighted by Gasteiger charge is 2.36. The van der Waals surface area contributed by atoms with E-state index >= 15 is 0 Å². The van der Waals surface area contributed by atoms with E-state index in [9.17, 15) is 0 Å². The number of benzene rings is 1. The fourth-order valence-corrected chi connectivity index (χ4v) is 2.99. The van der Waals surface area contributed by atoms with Crippen molar-refractivity contribution in [2.45, 2.75) is 64.2 Å². The van der Waals surface area contributed by atoms with Crippen molar-refractivity contribution in [3.05, 3.63) is 29.8 Å². The third-order valence-corrected chi connectivity index (χ3v) is 4.58. The Bertz CT molecular complexity index is 413. The van der Waals surface area contributed by atoms with Gasteiger partial charge in [-0.25, -0.2) is 0 Å². The quantitative estimate of drug-likeness (QED) is 0.743. The third kappa shape index (κ3) is 3.78. The molecule has 1 aromatic carbocycles. The molecule has 0 bridgehead atoms. The Hall–Kier alpha value is -1.06. The Morgan fingerprint density at radius 1 is 1.14 bits per heavy atom. The van der Waals surface area contributed by atoms with E-state index in [2.05, 4.69) is 50.4 Å². The maximum Gasteiger partial charge on any atom is 0.119 e. The number of ether oxygens (including phenoxy) is 2. The minimum absolute atomic E-state index is 0.158. The van der Waals surface area contributed by atoms with Crippen molar-refractivity contribution < 1.29 is 9.47 Å². The van der Waals surface area contributed by atoms with Crippen molar-refractivity contribution in [1.82, 2.24) is 5.32 Å². The molecule has 0 aromatic heterocycles. The third-order valence-electron chi connectivity index (χ3n) is 4.58. The topological polar surface area (TPSA) is 30.5 Å². The summed E-state index contributed by atoms with van der Waals surface area (Å²) in [5.41, 5.74) is 1.11. The van der Waals surface area contributed by atoms with Gasteiger partial charge >= 0.3 is 0 Å². The maximum absolute atomic E-state index is 5.92. The lowest BCUT2D eigenvalue weighted by Crippen LogP contribution is -2.44. The van der Waals surface area contributed by atoms with E-state index in [1.807, 2.05) is 7.11 Å². The Kier molecular flexibility index (Phi) is 5.65. The largest absolute Gasteiger partial charge is 0.490 e. The summed E-state index contributed by atoms with van der Waals surface area (Å²) in [6, 6.07) is 8.72. The molecule has 0 heterocycles. The summed E-state index contributed by atoms with van der Waals surface area (Å²) in [6.45, 7) is 7.46. The van der Waals surface area contributed by atoms with E-state index in [4.69, 9.17) is 9.47 Å². The maximum atomic E-state index is 5.92. The minimum atomic E-state index is -0.158. The molecule has 3 nitrogen and oxygen atoms in total. The first kappa shape index (κ1) is 16.3. The van der Waals surface area contributed by atoms with E-state index in [0.29, 0.717) is 6.10 Å². The Balaban J connectivity index is 2.19. The van der Waals surface area contributed by atoms with Gasteiger partial charge in [-0.15, -0.1) is 0 Å². The molecule has 0 amide bonds. The molecule has 118 valence electrons. The van der Waals surface area contributed by atoms with Crippen LogP contribution in [-0.2, 0) is 4.74 Å². The number of methoxy groups -OCH3 is 1. The van der Waals surface area contributed by atoms with Crippen molar-refractivity contribution in [2.24, 2.45) is 0 Å². The number of nitrogens with one attached hydrogen (secondary N) is 1. The highest BCUT2D eigenvalue weighted by molar-refractivity contribution is 5.31. The van der Waals surface area contributed by atoms with E-state index in [0.717, 1.165) is 25.1 Å². The molecule has 1 atom stereocenters. The second-order valence-corrected chi connectivity index (χ2v) is 5.85. The van der Waals surface area contributed by atoms with Gasteiger partial charge in [-0.3, -0.25) is 0 Å². The van der Waals surface area contributed by atoms with Gasteiger partial charge in [0.05, 0.1) is 17.7 Å². The van der Waals surface area contributed by atoms with Crippen LogP contribution < -0.4 is 10.1 Å². The standard InChI is InChI=1S/C18H29NO2/c1-5-18(6-2,20-4)17(19-7-3)14-8-10-15(11-9-14)21-16-12-13-16/h8-11,16-17,19H,5-7,12-13H2,1-4H3. The molecule has 0 radical (unpaired) electrons. The van der Waals surface area contributed by atoms with Crippen LogP contribution in [0.25, 0.3) is 0 Å². The minimum Gasteiger partial charge on any atom is -0.490 e. The summed E-state index contributed by atoms with van der Waals surface area (Å²) >= 11 is 0. The summed E-state index contributed by atoms with van der Waals surface area (Å²) < 4.78 is 11.7. The average Bonchev–Trinajstić information content (AvgIpc) is 3.33. The highest BCUT2D eigenvalue weighted by Crippen LogP contribution is 2.36. The highest BCUT2D eigenvalue weighted by atomic mass is 16.5. The van der Waals surface area contributed by atoms with E-state index < -0.39 is 0 Å². The van der Waals surface area contributed by atoms with Gasteiger partial charge < -0.3 is 14.8 Å². The van der Waals surface area contributed by atoms with E-state index in [1.165, 1.54) is 18.4 Å². The van der Waals surface area contributed by atoms with Crippen molar-refractivity contribution in [2.75, 3.05) is 13.7 Å². The summed E-state index contributed by atoms with van der Waals surface area (Å²) in [7, 11) is 1.82. The van der Waals surface area contributed by atoms with Gasteiger partial charge in [0, 0.05) is 7.11 Å². The van der Waals surface area contributed by atoms with Crippen LogP contribution in [0.5, 0.6) is 5.75 Å². The van der Waals surface area contributed by atoms with Crippen LogP contribution in [-0.4, -0.2) is 25.4 Å². The Labute approximate surface area is 129 Å². The predicted octanol–water partition coefficient (Wildman–Crippen LogP) is 4.08. The number of rotatable bonds is 9. The van der Waals surface area contributed by atoms with Crippen molar-refractivity contribution in [3.8, 4) is 5.75 Å². The fraction of sp³-hybridized carbons (Fsp3) is 0.667. The van der Waals surface area contributed by atoms with Gasteiger partial charge in [-0.2, -0.15) is 0 Å². The van der Waals surface area contributed by atoms with Crippen LogP contribution in [0.2, 0.25) is 0 Å². The molecule has 3 heteroatoms. The van der Waals surface area contributed by atoms with Crippen molar-refractivity contribution >= 4 is 0 Å². The monoisotopic (exact) mass is 291 g/mol. The van der Waals surface area contributed by atoms with Crippen LogP contribution in [0.3, 0.4) is 0 Å². The first-order chi connectivity index (χ1) is 10.2. The lowest BCUT2D eigenvalue weighted by atomic mass is 9.83. The predicted molar refractivity (Wildman–Crippen MR) is 86.8 cm³/mol. The normalized spacial score (nSPS) is 16.8. The van der Waals surface area contributed by atoms with Crippen LogP contribution in [0.4, 0.5) is 0 Å². The second-order valence-electron chi connectivity index (χ2n) is 5.85. The fourth-order valence-electron chi connectivity index (χ4n) is 2.99. The molecule has 0 saturated heterocycles. The van der Waals surface area contributed by atoms with Crippen molar-refractivity contribution in [3.63, 3.8) is 0 Å². The summed E-state index contributed by atoms with van der Waals surface area (Å²) in [5, 5.41) is 3.60. The summed E-state index contributed by atoms with van der Waals surface area (Å²) in [4.78, 5) is 0. The average molecular weight is 291 g/mol. The summed E-state index contributed by atoms with van der Waals surface area (Å²) in [6.07, 6.45) is 4.81. The van der Waals surface area contributed by atoms with E-state index in [1.54, 1.807) is 0 Å². The van der Waals surface area contributed by atoms with Gasteiger partial charge in [0.25, 0.3) is 0 Å². The number of likely N-dealkylation sites (N-methyl/N-ethyl adjacent to an activating group) is 1. The molecular formula is C18H29NO2. The van der Waals surface area contributed by atoms with Crippen LogP contribution >= 0.6 is 0 Å². The SMILES string of the molecule is CCNC(c1ccc(OC2CC2)cc1)C(CC)(CC)OC. The molecule has 21 heavy (non-hydrogen) atoms.